The number of ether oxygens (including phenoxy) is 1. The molecule has 0 radical (unpaired) electrons. The Morgan fingerprint density at radius 3 is 3.11 bits per heavy atom. The van der Waals surface area contributed by atoms with E-state index in [4.69, 9.17) is 9.84 Å². The number of aliphatic imine (C=N–C) groups is 1. The maximum absolute atomic E-state index is 13.0. The molecule has 0 aliphatic carbocycles. The first-order valence-electron chi connectivity index (χ1n) is 5.79. The lowest BCUT2D eigenvalue weighted by Gasteiger charge is -2.09. The Kier molecular flexibility index (Phi) is 3.92. The Morgan fingerprint density at radius 2 is 2.39 bits per heavy atom. The quantitative estimate of drug-likeness (QED) is 0.871. The third-order valence-corrected chi connectivity index (χ3v) is 2.70. The Balaban J connectivity index is 1.84. The zero-order valence-corrected chi connectivity index (χ0v) is 9.80. The first-order valence-corrected chi connectivity index (χ1v) is 5.79. The van der Waals surface area contributed by atoms with E-state index in [1.165, 1.54) is 12.1 Å². The molecule has 1 N–H and O–H groups in total. The van der Waals surface area contributed by atoms with Crippen LogP contribution in [-0.2, 0) is 16.0 Å². The maximum Gasteiger partial charge on any atom is 0.303 e. The summed E-state index contributed by atoms with van der Waals surface area (Å²) in [5, 5.41) is 8.57. The lowest BCUT2D eigenvalue weighted by molar-refractivity contribution is -0.137. The number of nitrogens with zero attached hydrogens (tertiary/aromatic N) is 1. The molecule has 5 heteroatoms. The third-order valence-electron chi connectivity index (χ3n) is 2.70. The van der Waals surface area contributed by atoms with Gasteiger partial charge >= 0.3 is 5.97 Å². The molecule has 2 rings (SSSR count). The molecular weight excluding hydrogens is 237 g/mol. The summed E-state index contributed by atoms with van der Waals surface area (Å²) in [6, 6.07) is 6.27. The number of hydrogen-bond acceptors (Lipinski definition) is 3. The van der Waals surface area contributed by atoms with Crippen molar-refractivity contribution in [1.82, 2.24) is 0 Å². The minimum absolute atomic E-state index is 0.0768. The molecular formula is C13H14FNO3. The number of hydrogen-bond donors (Lipinski definition) is 1. The predicted molar refractivity (Wildman–Crippen MR) is 64.1 cm³/mol. The van der Waals surface area contributed by atoms with Gasteiger partial charge in [-0.1, -0.05) is 12.1 Å². The van der Waals surface area contributed by atoms with Crippen molar-refractivity contribution in [3.05, 3.63) is 35.6 Å². The van der Waals surface area contributed by atoms with Crippen LogP contribution >= 0.6 is 0 Å². The SMILES string of the molecule is O=C(O)CCC1CN=C(Cc2cccc(F)c2)O1. The number of carbonyl (C=O) groups is 1. The molecule has 1 heterocycles. The van der Waals surface area contributed by atoms with E-state index >= 15 is 0 Å². The topological polar surface area (TPSA) is 58.9 Å². The first-order chi connectivity index (χ1) is 8.63. The Labute approximate surface area is 104 Å². The third kappa shape index (κ3) is 3.55. The van der Waals surface area contributed by atoms with Crippen LogP contribution in [-0.4, -0.2) is 29.6 Å². The van der Waals surface area contributed by atoms with Gasteiger partial charge in [-0.2, -0.15) is 0 Å². The fourth-order valence-electron chi connectivity index (χ4n) is 1.82. The summed E-state index contributed by atoms with van der Waals surface area (Å²) in [7, 11) is 0. The van der Waals surface area contributed by atoms with Gasteiger partial charge < -0.3 is 9.84 Å². The van der Waals surface area contributed by atoms with Crippen molar-refractivity contribution < 1.29 is 19.0 Å². The molecule has 4 nitrogen and oxygen atoms in total. The Bertz CT molecular complexity index is 473. The van der Waals surface area contributed by atoms with Crippen LogP contribution < -0.4 is 0 Å². The van der Waals surface area contributed by atoms with Crippen LogP contribution in [0.2, 0.25) is 0 Å². The summed E-state index contributed by atoms with van der Waals surface area (Å²) in [5.41, 5.74) is 0.799. The Hall–Kier alpha value is -1.91. The van der Waals surface area contributed by atoms with Crippen LogP contribution in [0.25, 0.3) is 0 Å². The molecule has 1 aliphatic rings. The lowest BCUT2D eigenvalue weighted by Crippen LogP contribution is -2.15. The van der Waals surface area contributed by atoms with Crippen molar-refractivity contribution in [3.8, 4) is 0 Å². The zero-order valence-electron chi connectivity index (χ0n) is 9.80. The fraction of sp³-hybridized carbons (Fsp3) is 0.385. The van der Waals surface area contributed by atoms with E-state index in [1.807, 2.05) is 0 Å². The smallest absolute Gasteiger partial charge is 0.303 e. The van der Waals surface area contributed by atoms with Crippen molar-refractivity contribution in [2.75, 3.05) is 6.54 Å². The number of rotatable bonds is 5. The predicted octanol–water partition coefficient (Wildman–Crippen LogP) is 2.03. The molecule has 0 saturated heterocycles. The van der Waals surface area contributed by atoms with E-state index in [1.54, 1.807) is 12.1 Å². The van der Waals surface area contributed by atoms with Crippen molar-refractivity contribution >= 4 is 11.9 Å². The molecule has 0 saturated carbocycles. The van der Waals surface area contributed by atoms with Crippen LogP contribution in [0, 0.1) is 5.82 Å². The summed E-state index contributed by atoms with van der Waals surface area (Å²) < 4.78 is 18.5. The molecule has 18 heavy (non-hydrogen) atoms. The molecule has 1 aromatic rings. The Morgan fingerprint density at radius 1 is 1.56 bits per heavy atom. The van der Waals surface area contributed by atoms with E-state index in [-0.39, 0.29) is 18.3 Å². The van der Waals surface area contributed by atoms with E-state index in [2.05, 4.69) is 4.99 Å². The van der Waals surface area contributed by atoms with Gasteiger partial charge in [0.15, 0.2) is 5.90 Å². The minimum atomic E-state index is -0.836. The van der Waals surface area contributed by atoms with Crippen LogP contribution in [0.1, 0.15) is 18.4 Å². The van der Waals surface area contributed by atoms with Gasteiger partial charge in [-0.25, -0.2) is 4.39 Å². The molecule has 0 spiro atoms. The summed E-state index contributed by atoms with van der Waals surface area (Å²) in [6.45, 7) is 0.484. The highest BCUT2D eigenvalue weighted by Crippen LogP contribution is 2.14. The summed E-state index contributed by atoms with van der Waals surface area (Å²) >= 11 is 0. The minimum Gasteiger partial charge on any atom is -0.481 e. The molecule has 0 aromatic heterocycles. The van der Waals surface area contributed by atoms with Gasteiger partial charge in [0.1, 0.15) is 11.9 Å². The van der Waals surface area contributed by atoms with Gasteiger partial charge in [-0.3, -0.25) is 9.79 Å². The number of benzene rings is 1. The van der Waals surface area contributed by atoms with Crippen molar-refractivity contribution in [3.63, 3.8) is 0 Å². The largest absolute Gasteiger partial charge is 0.481 e. The van der Waals surface area contributed by atoms with E-state index in [0.29, 0.717) is 25.3 Å². The average molecular weight is 251 g/mol. The molecule has 0 bridgehead atoms. The van der Waals surface area contributed by atoms with E-state index < -0.39 is 5.97 Å². The number of carboxylic acid groups (broad SMARTS) is 1. The van der Waals surface area contributed by atoms with Gasteiger partial charge in [-0.15, -0.1) is 0 Å². The van der Waals surface area contributed by atoms with Crippen LogP contribution in [0.4, 0.5) is 4.39 Å². The maximum atomic E-state index is 13.0. The van der Waals surface area contributed by atoms with Gasteiger partial charge in [-0.05, 0) is 24.1 Å². The number of carboxylic acids is 1. The monoisotopic (exact) mass is 251 g/mol. The van der Waals surface area contributed by atoms with Gasteiger partial charge in [0.25, 0.3) is 0 Å². The highest BCUT2D eigenvalue weighted by molar-refractivity contribution is 5.80. The molecule has 1 aromatic carbocycles. The van der Waals surface area contributed by atoms with Crippen LogP contribution in [0.5, 0.6) is 0 Å². The second-order valence-corrected chi connectivity index (χ2v) is 4.21. The van der Waals surface area contributed by atoms with E-state index in [9.17, 15) is 9.18 Å². The van der Waals surface area contributed by atoms with Crippen molar-refractivity contribution in [2.24, 2.45) is 4.99 Å². The van der Waals surface area contributed by atoms with E-state index in [0.717, 1.165) is 5.56 Å². The second kappa shape index (κ2) is 5.62. The van der Waals surface area contributed by atoms with Crippen LogP contribution in [0.3, 0.4) is 0 Å². The molecule has 96 valence electrons. The molecule has 1 atom stereocenters. The molecule has 0 fully saturated rings. The molecule has 0 amide bonds. The summed E-state index contributed by atoms with van der Waals surface area (Å²) in [4.78, 5) is 14.6. The van der Waals surface area contributed by atoms with Gasteiger partial charge in [0, 0.05) is 12.8 Å². The van der Waals surface area contributed by atoms with Crippen LogP contribution in [0.15, 0.2) is 29.3 Å². The normalized spacial score (nSPS) is 18.3. The fourth-order valence-corrected chi connectivity index (χ4v) is 1.82. The average Bonchev–Trinajstić information content (AvgIpc) is 2.74. The summed E-state index contributed by atoms with van der Waals surface area (Å²) in [6.07, 6.45) is 0.810. The van der Waals surface area contributed by atoms with Crippen molar-refractivity contribution in [2.45, 2.75) is 25.4 Å². The molecule has 1 unspecified atom stereocenters. The standard InChI is InChI=1S/C13H14FNO3/c14-10-3-1-2-9(6-10)7-12-15-8-11(18-12)4-5-13(16)17/h1-3,6,11H,4-5,7-8H2,(H,16,17). The van der Waals surface area contributed by atoms with Gasteiger partial charge in [0.2, 0.25) is 0 Å². The highest BCUT2D eigenvalue weighted by Gasteiger charge is 2.20. The van der Waals surface area contributed by atoms with Crippen molar-refractivity contribution in [1.29, 1.82) is 0 Å². The first kappa shape index (κ1) is 12.5. The number of aliphatic carboxylic acids is 1. The second-order valence-electron chi connectivity index (χ2n) is 4.21. The highest BCUT2D eigenvalue weighted by atomic mass is 19.1. The summed E-state index contributed by atoms with van der Waals surface area (Å²) in [5.74, 6) is -0.568. The zero-order chi connectivity index (χ0) is 13.0. The lowest BCUT2D eigenvalue weighted by atomic mass is 10.1. The number of halogens is 1. The molecule has 1 aliphatic heterocycles. The van der Waals surface area contributed by atoms with Gasteiger partial charge in [0.05, 0.1) is 6.54 Å².